The quantitative estimate of drug-likeness (QED) is 0.622. The van der Waals surface area contributed by atoms with Crippen molar-refractivity contribution >= 4 is 5.91 Å². The molecule has 31 heavy (non-hydrogen) atoms. The molecule has 2 aromatic rings. The maximum Gasteiger partial charge on any atom is 0.254 e. The average molecular weight is 421 g/mol. The number of aromatic nitrogens is 1. The van der Waals surface area contributed by atoms with Gasteiger partial charge in [-0.2, -0.15) is 0 Å². The van der Waals surface area contributed by atoms with E-state index in [0.29, 0.717) is 0 Å². The first-order valence-corrected chi connectivity index (χ1v) is 11.6. The molecule has 2 saturated heterocycles. The Balaban J connectivity index is 1.58. The molecule has 4 nitrogen and oxygen atoms in total. The van der Waals surface area contributed by atoms with Gasteiger partial charge in [-0.1, -0.05) is 47.6 Å². The van der Waals surface area contributed by atoms with E-state index in [1.54, 1.807) is 12.4 Å². The summed E-state index contributed by atoms with van der Waals surface area (Å²) in [6.07, 6.45) is 7.59. The first kappa shape index (κ1) is 21.9. The Kier molecular flexibility index (Phi) is 5.61. The van der Waals surface area contributed by atoms with Crippen LogP contribution in [0.3, 0.4) is 0 Å². The molecular formula is C27H36N2O2. The number of pyridine rings is 1. The van der Waals surface area contributed by atoms with Crippen LogP contribution in [0.2, 0.25) is 0 Å². The van der Waals surface area contributed by atoms with Crippen molar-refractivity contribution in [1.29, 1.82) is 0 Å². The predicted octanol–water partition coefficient (Wildman–Crippen LogP) is 5.89. The van der Waals surface area contributed by atoms with E-state index in [0.717, 1.165) is 37.0 Å². The third-order valence-electron chi connectivity index (χ3n) is 6.77. The number of carbonyl (C=O) groups is 1. The Morgan fingerprint density at radius 3 is 2.03 bits per heavy atom. The zero-order valence-electron chi connectivity index (χ0n) is 19.8. The fraction of sp³-hybridized carbons (Fsp3) is 0.556. The van der Waals surface area contributed by atoms with E-state index in [9.17, 15) is 4.79 Å². The molecule has 2 unspecified atom stereocenters. The fourth-order valence-electron chi connectivity index (χ4n) is 4.93. The summed E-state index contributed by atoms with van der Waals surface area (Å²) >= 11 is 0. The molecule has 2 aliphatic heterocycles. The van der Waals surface area contributed by atoms with E-state index >= 15 is 0 Å². The molecule has 0 N–H and O–H groups in total. The minimum atomic E-state index is -0.000174. The number of fused-ring (bicyclic) bond motifs is 2. The maximum absolute atomic E-state index is 13.8. The first-order chi connectivity index (χ1) is 14.5. The molecule has 2 aliphatic rings. The molecule has 1 aromatic heterocycles. The average Bonchev–Trinajstić information content (AvgIpc) is 2.97. The number of amides is 1. The monoisotopic (exact) mass is 420 g/mol. The van der Waals surface area contributed by atoms with Gasteiger partial charge < -0.3 is 9.64 Å². The largest absolute Gasteiger partial charge is 0.489 e. The van der Waals surface area contributed by atoms with Gasteiger partial charge in [0.1, 0.15) is 11.9 Å². The van der Waals surface area contributed by atoms with Crippen LogP contribution in [-0.4, -0.2) is 34.0 Å². The number of rotatable bonds is 3. The van der Waals surface area contributed by atoms with Crippen LogP contribution in [0.25, 0.3) is 0 Å². The zero-order valence-corrected chi connectivity index (χ0v) is 19.8. The number of hydrogen-bond donors (Lipinski definition) is 0. The second-order valence-electron chi connectivity index (χ2n) is 11.3. The fourth-order valence-corrected chi connectivity index (χ4v) is 4.93. The van der Waals surface area contributed by atoms with E-state index in [1.165, 1.54) is 11.1 Å². The van der Waals surface area contributed by atoms with Crippen molar-refractivity contribution in [2.75, 3.05) is 0 Å². The third-order valence-corrected chi connectivity index (χ3v) is 6.77. The van der Waals surface area contributed by atoms with Crippen molar-refractivity contribution in [3.05, 3.63) is 59.4 Å². The molecule has 3 heterocycles. The highest BCUT2D eigenvalue weighted by Gasteiger charge is 2.44. The van der Waals surface area contributed by atoms with Crippen molar-refractivity contribution in [1.82, 2.24) is 9.88 Å². The summed E-state index contributed by atoms with van der Waals surface area (Å²) in [6, 6.07) is 10.9. The molecule has 166 valence electrons. The lowest BCUT2D eigenvalue weighted by Crippen LogP contribution is -2.49. The van der Waals surface area contributed by atoms with Crippen LogP contribution in [0.4, 0.5) is 0 Å². The predicted molar refractivity (Wildman–Crippen MR) is 125 cm³/mol. The highest BCUT2D eigenvalue weighted by molar-refractivity contribution is 5.95. The van der Waals surface area contributed by atoms with E-state index < -0.39 is 0 Å². The van der Waals surface area contributed by atoms with Crippen molar-refractivity contribution in [3.8, 4) is 5.75 Å². The smallest absolute Gasteiger partial charge is 0.254 e. The van der Waals surface area contributed by atoms with Crippen LogP contribution in [-0.2, 0) is 10.8 Å². The summed E-state index contributed by atoms with van der Waals surface area (Å²) in [6.45, 7) is 13.3. The molecular weight excluding hydrogens is 384 g/mol. The summed E-state index contributed by atoms with van der Waals surface area (Å²) in [5.41, 5.74) is 3.29. The molecule has 0 aliphatic carbocycles. The van der Waals surface area contributed by atoms with Crippen LogP contribution in [0.5, 0.6) is 5.75 Å². The molecule has 1 aromatic carbocycles. The normalized spacial score (nSPS) is 23.7. The van der Waals surface area contributed by atoms with Crippen LogP contribution >= 0.6 is 0 Å². The molecule has 0 saturated carbocycles. The van der Waals surface area contributed by atoms with Crippen LogP contribution in [0, 0.1) is 0 Å². The van der Waals surface area contributed by atoms with Gasteiger partial charge in [0.05, 0.1) is 6.20 Å². The van der Waals surface area contributed by atoms with Gasteiger partial charge in [-0.15, -0.1) is 0 Å². The lowest BCUT2D eigenvalue weighted by Gasteiger charge is -2.39. The van der Waals surface area contributed by atoms with Gasteiger partial charge in [0, 0.05) is 36.7 Å². The highest BCUT2D eigenvalue weighted by Crippen LogP contribution is 2.39. The molecule has 2 atom stereocenters. The summed E-state index contributed by atoms with van der Waals surface area (Å²) in [4.78, 5) is 20.1. The summed E-state index contributed by atoms with van der Waals surface area (Å²) in [5, 5.41) is 0. The molecule has 2 fully saturated rings. The zero-order chi connectivity index (χ0) is 22.4. The Morgan fingerprint density at radius 2 is 1.55 bits per heavy atom. The first-order valence-electron chi connectivity index (χ1n) is 11.6. The van der Waals surface area contributed by atoms with Gasteiger partial charge in [-0.3, -0.25) is 9.78 Å². The van der Waals surface area contributed by atoms with Gasteiger partial charge >= 0.3 is 0 Å². The van der Waals surface area contributed by atoms with Crippen LogP contribution < -0.4 is 4.74 Å². The van der Waals surface area contributed by atoms with E-state index in [-0.39, 0.29) is 34.9 Å². The van der Waals surface area contributed by atoms with Crippen LogP contribution in [0.1, 0.15) is 88.7 Å². The van der Waals surface area contributed by atoms with Crippen molar-refractivity contribution in [2.24, 2.45) is 0 Å². The second kappa shape index (κ2) is 7.96. The molecule has 0 radical (unpaired) electrons. The number of benzene rings is 1. The van der Waals surface area contributed by atoms with Crippen LogP contribution in [0.15, 0.2) is 42.7 Å². The van der Waals surface area contributed by atoms with Crippen molar-refractivity contribution < 1.29 is 9.53 Å². The molecule has 4 rings (SSSR count). The summed E-state index contributed by atoms with van der Waals surface area (Å²) in [7, 11) is 0. The maximum atomic E-state index is 13.8. The van der Waals surface area contributed by atoms with Gasteiger partial charge in [0.15, 0.2) is 0 Å². The lowest BCUT2D eigenvalue weighted by atomic mass is 9.79. The van der Waals surface area contributed by atoms with Gasteiger partial charge in [-0.05, 0) is 59.1 Å². The van der Waals surface area contributed by atoms with Crippen molar-refractivity contribution in [3.63, 3.8) is 0 Å². The molecule has 4 heteroatoms. The lowest BCUT2D eigenvalue weighted by molar-refractivity contribution is 0.0358. The second-order valence-corrected chi connectivity index (χ2v) is 11.3. The Labute approximate surface area is 187 Å². The van der Waals surface area contributed by atoms with E-state index in [4.69, 9.17) is 4.74 Å². The summed E-state index contributed by atoms with van der Waals surface area (Å²) < 4.78 is 6.20. The standard InChI is InChI=1S/C27H36N2O2/c1-26(2,3)19-12-18(13-20(14-19)27(4,5)6)25(30)29-21-9-10-22(29)16-24(15-21)31-23-8-7-11-28-17-23/h7-8,11-14,17,21-22,24H,9-10,15-16H2,1-6H3. The Morgan fingerprint density at radius 1 is 0.968 bits per heavy atom. The Hall–Kier alpha value is -2.36. The number of hydrogen-bond acceptors (Lipinski definition) is 3. The SMILES string of the molecule is CC(C)(C)c1cc(C(=O)N2C3CCC2CC(Oc2cccnc2)C3)cc(C(C)(C)C)c1. The van der Waals surface area contributed by atoms with E-state index in [2.05, 4.69) is 69.6 Å². The minimum Gasteiger partial charge on any atom is -0.489 e. The van der Waals surface area contributed by atoms with Gasteiger partial charge in [0.2, 0.25) is 0 Å². The summed E-state index contributed by atoms with van der Waals surface area (Å²) in [5.74, 6) is 1.00. The number of nitrogens with zero attached hydrogens (tertiary/aromatic N) is 2. The molecule has 2 bridgehead atoms. The van der Waals surface area contributed by atoms with Gasteiger partial charge in [0.25, 0.3) is 5.91 Å². The number of carbonyl (C=O) groups excluding carboxylic acids is 1. The molecule has 0 spiro atoms. The topological polar surface area (TPSA) is 42.4 Å². The van der Waals surface area contributed by atoms with Gasteiger partial charge in [-0.25, -0.2) is 0 Å². The highest BCUT2D eigenvalue weighted by atomic mass is 16.5. The van der Waals surface area contributed by atoms with Crippen molar-refractivity contribution in [2.45, 2.75) is 96.2 Å². The number of ether oxygens (including phenoxy) is 1. The third kappa shape index (κ3) is 4.63. The minimum absolute atomic E-state index is 0.000174. The molecule has 1 amide bonds. The Bertz CT molecular complexity index is 894. The van der Waals surface area contributed by atoms with E-state index in [1.807, 2.05) is 12.1 Å². The number of piperidine rings is 1.